The Morgan fingerprint density at radius 1 is 1.05 bits per heavy atom. The molecule has 1 unspecified atom stereocenters. The van der Waals surface area contributed by atoms with E-state index >= 15 is 0 Å². The summed E-state index contributed by atoms with van der Waals surface area (Å²) in [5.41, 5.74) is 1.30. The van der Waals surface area contributed by atoms with Crippen LogP contribution in [0.1, 0.15) is 48.9 Å². The van der Waals surface area contributed by atoms with Crippen molar-refractivity contribution in [3.8, 4) is 0 Å². The van der Waals surface area contributed by atoms with Gasteiger partial charge in [0.25, 0.3) is 0 Å². The second-order valence-corrected chi connectivity index (χ2v) is 7.03. The van der Waals surface area contributed by atoms with Gasteiger partial charge in [-0.2, -0.15) is 0 Å². The zero-order valence-electron chi connectivity index (χ0n) is 11.8. The highest BCUT2D eigenvalue weighted by Gasteiger charge is 2.18. The molecule has 5 heteroatoms. The second kappa shape index (κ2) is 6.18. The third-order valence-electron chi connectivity index (χ3n) is 4.37. The number of fused-ring (bicyclic) bond motifs is 1. The summed E-state index contributed by atoms with van der Waals surface area (Å²) in [6.07, 6.45) is 7.82. The first kappa shape index (κ1) is 14.6. The molecule has 21 heavy (non-hydrogen) atoms. The Bertz CT molecular complexity index is 744. The third-order valence-corrected chi connectivity index (χ3v) is 5.28. The van der Waals surface area contributed by atoms with Crippen LogP contribution in [0.4, 0.5) is 0 Å². The van der Waals surface area contributed by atoms with E-state index in [0.717, 1.165) is 17.9 Å². The van der Waals surface area contributed by atoms with Crippen LogP contribution in [0.15, 0.2) is 27.8 Å². The molecule has 1 aromatic heterocycles. The molecule has 0 bridgehead atoms. The Kier molecular flexibility index (Phi) is 4.29. The van der Waals surface area contributed by atoms with Crippen LogP contribution in [-0.2, 0) is 0 Å². The maximum atomic E-state index is 11.4. The van der Waals surface area contributed by atoms with Crippen molar-refractivity contribution in [2.45, 2.75) is 43.4 Å². The van der Waals surface area contributed by atoms with Crippen molar-refractivity contribution < 1.29 is 0 Å². The number of aromatic nitrogens is 2. The van der Waals surface area contributed by atoms with E-state index < -0.39 is 11.1 Å². The monoisotopic (exact) mass is 350 g/mol. The molecule has 1 atom stereocenters. The van der Waals surface area contributed by atoms with E-state index in [0.29, 0.717) is 15.9 Å². The maximum Gasteiger partial charge on any atom is 0.314 e. The molecule has 4 nitrogen and oxygen atoms in total. The molecule has 0 spiro atoms. The lowest BCUT2D eigenvalue weighted by Crippen LogP contribution is -2.28. The number of halogens is 1. The van der Waals surface area contributed by atoms with E-state index in [-0.39, 0.29) is 0 Å². The highest BCUT2D eigenvalue weighted by Crippen LogP contribution is 2.36. The zero-order chi connectivity index (χ0) is 14.8. The van der Waals surface area contributed by atoms with Crippen LogP contribution in [-0.4, -0.2) is 9.97 Å². The van der Waals surface area contributed by atoms with Crippen LogP contribution in [0, 0.1) is 5.92 Å². The topological polar surface area (TPSA) is 65.7 Å². The van der Waals surface area contributed by atoms with Gasteiger partial charge in [-0.1, -0.05) is 54.1 Å². The van der Waals surface area contributed by atoms with Crippen molar-refractivity contribution in [2.75, 3.05) is 0 Å². The van der Waals surface area contributed by atoms with Gasteiger partial charge < -0.3 is 9.97 Å². The summed E-state index contributed by atoms with van der Waals surface area (Å²) in [7, 11) is 0. The fourth-order valence-corrected chi connectivity index (χ4v) is 3.99. The Balaban J connectivity index is 1.84. The summed E-state index contributed by atoms with van der Waals surface area (Å²) in [6.45, 7) is 0. The van der Waals surface area contributed by atoms with Gasteiger partial charge in [-0.3, -0.25) is 9.59 Å². The molecule has 3 rings (SSSR count). The Hall–Kier alpha value is -1.36. The average Bonchev–Trinajstić information content (AvgIpc) is 2.49. The summed E-state index contributed by atoms with van der Waals surface area (Å²) in [6, 6.07) is 5.82. The highest BCUT2D eigenvalue weighted by atomic mass is 79.9. The highest BCUT2D eigenvalue weighted by molar-refractivity contribution is 9.09. The molecule has 1 aromatic carbocycles. The van der Waals surface area contributed by atoms with Gasteiger partial charge in [0.05, 0.1) is 11.0 Å². The maximum absolute atomic E-state index is 11.4. The summed E-state index contributed by atoms with van der Waals surface area (Å²) < 4.78 is 0. The lowest BCUT2D eigenvalue weighted by Gasteiger charge is -2.24. The molecule has 1 fully saturated rings. The molecule has 0 aliphatic heterocycles. The molecular formula is C16H19BrN2O2. The minimum absolute atomic E-state index is 0.292. The number of hydrogen-bond donors (Lipinski definition) is 2. The van der Waals surface area contributed by atoms with Crippen molar-refractivity contribution in [3.05, 3.63) is 44.5 Å². The lowest BCUT2D eigenvalue weighted by atomic mass is 9.85. The number of hydrogen-bond acceptors (Lipinski definition) is 2. The van der Waals surface area contributed by atoms with Gasteiger partial charge in [-0.15, -0.1) is 0 Å². The van der Waals surface area contributed by atoms with Gasteiger partial charge in [0.2, 0.25) is 0 Å². The van der Waals surface area contributed by atoms with Gasteiger partial charge in [0, 0.05) is 4.83 Å². The van der Waals surface area contributed by atoms with Crippen molar-refractivity contribution >= 4 is 27.0 Å². The fraction of sp³-hybridized carbons (Fsp3) is 0.500. The summed E-state index contributed by atoms with van der Waals surface area (Å²) in [4.78, 5) is 28.2. The van der Waals surface area contributed by atoms with Crippen LogP contribution >= 0.6 is 15.9 Å². The molecule has 0 amide bonds. The normalized spacial score (nSPS) is 18.0. The lowest BCUT2D eigenvalue weighted by molar-refractivity contribution is 0.338. The van der Waals surface area contributed by atoms with E-state index in [9.17, 15) is 9.59 Å². The van der Waals surface area contributed by atoms with Crippen molar-refractivity contribution in [1.82, 2.24) is 9.97 Å². The minimum atomic E-state index is -0.604. The van der Waals surface area contributed by atoms with Crippen LogP contribution in [0.5, 0.6) is 0 Å². The first-order valence-electron chi connectivity index (χ1n) is 7.54. The molecule has 1 aliphatic carbocycles. The van der Waals surface area contributed by atoms with Crippen LogP contribution in [0.2, 0.25) is 0 Å². The first-order valence-corrected chi connectivity index (χ1v) is 8.45. The van der Waals surface area contributed by atoms with Crippen LogP contribution in [0.25, 0.3) is 11.0 Å². The number of nitrogens with one attached hydrogen (secondary N) is 2. The van der Waals surface area contributed by atoms with Crippen molar-refractivity contribution in [1.29, 1.82) is 0 Å². The molecule has 1 saturated carbocycles. The quantitative estimate of drug-likeness (QED) is 0.655. The van der Waals surface area contributed by atoms with E-state index in [1.54, 1.807) is 0 Å². The predicted molar refractivity (Wildman–Crippen MR) is 88.0 cm³/mol. The van der Waals surface area contributed by atoms with Gasteiger partial charge in [-0.25, -0.2) is 0 Å². The van der Waals surface area contributed by atoms with Crippen LogP contribution in [0.3, 0.4) is 0 Å². The van der Waals surface area contributed by atoms with Gasteiger partial charge in [-0.05, 0) is 30.0 Å². The van der Waals surface area contributed by atoms with Gasteiger partial charge in [0.15, 0.2) is 0 Å². The smallest absolute Gasteiger partial charge is 0.314 e. The standard InChI is InChI=1S/C16H19BrN2O2/c17-12(8-10-4-2-1-3-5-10)11-6-7-13-14(9-11)19-16(21)15(20)18-13/h6-7,9-10,12H,1-5,8H2,(H,18,20)(H,19,21). The molecule has 0 radical (unpaired) electrons. The molecular weight excluding hydrogens is 332 g/mol. The van der Waals surface area contributed by atoms with Crippen molar-refractivity contribution in [3.63, 3.8) is 0 Å². The Morgan fingerprint density at radius 3 is 2.43 bits per heavy atom. The Labute approximate surface area is 131 Å². The first-order chi connectivity index (χ1) is 10.1. The van der Waals surface area contributed by atoms with E-state index in [4.69, 9.17) is 0 Å². The zero-order valence-corrected chi connectivity index (χ0v) is 13.4. The minimum Gasteiger partial charge on any atom is -0.316 e. The van der Waals surface area contributed by atoms with Gasteiger partial charge >= 0.3 is 11.1 Å². The fourth-order valence-electron chi connectivity index (χ4n) is 3.18. The van der Waals surface area contributed by atoms with Crippen LogP contribution < -0.4 is 11.1 Å². The predicted octanol–water partition coefficient (Wildman–Crippen LogP) is 3.62. The Morgan fingerprint density at radius 2 is 1.71 bits per heavy atom. The van der Waals surface area contributed by atoms with E-state index in [2.05, 4.69) is 25.9 Å². The number of H-pyrrole nitrogens is 2. The molecule has 1 heterocycles. The van der Waals surface area contributed by atoms with Gasteiger partial charge in [0.1, 0.15) is 0 Å². The third kappa shape index (κ3) is 3.28. The number of rotatable bonds is 3. The average molecular weight is 351 g/mol. The summed E-state index contributed by atoms with van der Waals surface area (Å²) in [5.74, 6) is 0.786. The largest absolute Gasteiger partial charge is 0.316 e. The van der Waals surface area contributed by atoms with E-state index in [1.165, 1.54) is 32.1 Å². The number of benzene rings is 1. The molecule has 0 saturated heterocycles. The molecule has 112 valence electrons. The number of aromatic amines is 2. The second-order valence-electron chi connectivity index (χ2n) is 5.92. The van der Waals surface area contributed by atoms with Crippen molar-refractivity contribution in [2.24, 2.45) is 5.92 Å². The molecule has 1 aliphatic rings. The summed E-state index contributed by atoms with van der Waals surface area (Å²) in [5, 5.41) is 0. The molecule has 2 aromatic rings. The SMILES string of the molecule is O=c1[nH]c2ccc(C(Br)CC3CCCCC3)cc2[nH]c1=O. The summed E-state index contributed by atoms with van der Waals surface area (Å²) >= 11 is 3.78. The van der Waals surface area contributed by atoms with E-state index in [1.807, 2.05) is 18.2 Å². The number of alkyl halides is 1. The molecule has 2 N–H and O–H groups in total.